The molecule has 0 spiro atoms. The van der Waals surface area contributed by atoms with E-state index in [0.717, 1.165) is 11.3 Å². The van der Waals surface area contributed by atoms with E-state index in [1.54, 1.807) is 20.0 Å². The van der Waals surface area contributed by atoms with Crippen LogP contribution in [0, 0.1) is 6.92 Å². The zero-order valence-electron chi connectivity index (χ0n) is 13.5. The highest BCUT2D eigenvalue weighted by Crippen LogP contribution is 2.38. The second-order valence-electron chi connectivity index (χ2n) is 5.35. The fraction of sp³-hybridized carbons (Fsp3) is 0.188. The Bertz CT molecular complexity index is 1070. The number of nitrogens with zero attached hydrogens (tertiary/aromatic N) is 2. The second kappa shape index (κ2) is 7.34. The second-order valence-corrected chi connectivity index (χ2v) is 7.75. The summed E-state index contributed by atoms with van der Waals surface area (Å²) >= 11 is 7.31. The number of thioether (sulfide) groups is 1. The molecule has 1 N–H and O–H groups in total. The van der Waals surface area contributed by atoms with Gasteiger partial charge in [0.2, 0.25) is 0 Å². The number of alkyl halides is 2. The van der Waals surface area contributed by atoms with Gasteiger partial charge in [-0.2, -0.15) is 8.78 Å². The molecule has 5 nitrogen and oxygen atoms in total. The summed E-state index contributed by atoms with van der Waals surface area (Å²) in [4.78, 5) is 29.9. The van der Waals surface area contributed by atoms with Gasteiger partial charge in [0.05, 0.1) is 32.2 Å². The van der Waals surface area contributed by atoms with Crippen LogP contribution in [0.3, 0.4) is 0 Å². The number of thiophene rings is 1. The fourth-order valence-electron chi connectivity index (χ4n) is 2.42. The van der Waals surface area contributed by atoms with E-state index in [-0.39, 0.29) is 32.9 Å². The van der Waals surface area contributed by atoms with Crippen molar-refractivity contribution in [2.75, 3.05) is 5.32 Å². The Balaban J connectivity index is 2.01. The van der Waals surface area contributed by atoms with E-state index in [0.29, 0.717) is 20.7 Å². The van der Waals surface area contributed by atoms with Gasteiger partial charge in [0.1, 0.15) is 4.83 Å². The number of carbonyl (C=O) groups is 1. The van der Waals surface area contributed by atoms with Crippen LogP contribution in [-0.4, -0.2) is 21.2 Å². The summed E-state index contributed by atoms with van der Waals surface area (Å²) in [7, 11) is 1.57. The third-order valence-corrected chi connectivity index (χ3v) is 6.12. The van der Waals surface area contributed by atoms with Gasteiger partial charge >= 0.3 is 0 Å². The van der Waals surface area contributed by atoms with E-state index in [4.69, 9.17) is 11.6 Å². The molecule has 26 heavy (non-hydrogen) atoms. The van der Waals surface area contributed by atoms with Crippen LogP contribution in [0.1, 0.15) is 15.2 Å². The third-order valence-electron chi connectivity index (χ3n) is 3.64. The van der Waals surface area contributed by atoms with Crippen LogP contribution in [0.25, 0.3) is 10.2 Å². The molecule has 0 aliphatic heterocycles. The molecule has 0 bridgehead atoms. The van der Waals surface area contributed by atoms with Crippen LogP contribution in [0.5, 0.6) is 0 Å². The molecular weight excluding hydrogens is 404 g/mol. The van der Waals surface area contributed by atoms with Crippen molar-refractivity contribution in [2.45, 2.75) is 17.6 Å². The zero-order chi connectivity index (χ0) is 19.0. The van der Waals surface area contributed by atoms with Crippen molar-refractivity contribution >= 4 is 56.5 Å². The van der Waals surface area contributed by atoms with E-state index in [1.807, 2.05) is 0 Å². The van der Waals surface area contributed by atoms with Crippen molar-refractivity contribution < 1.29 is 13.6 Å². The van der Waals surface area contributed by atoms with E-state index in [2.05, 4.69) is 10.3 Å². The summed E-state index contributed by atoms with van der Waals surface area (Å²) in [6.45, 7) is 1.66. The maximum absolute atomic E-state index is 12.8. The van der Waals surface area contributed by atoms with Gasteiger partial charge in [0.25, 0.3) is 17.2 Å². The normalized spacial score (nSPS) is 11.3. The highest BCUT2D eigenvalue weighted by Gasteiger charge is 2.21. The van der Waals surface area contributed by atoms with E-state index >= 15 is 0 Å². The number of fused-ring (bicyclic) bond motifs is 1. The van der Waals surface area contributed by atoms with Crippen molar-refractivity contribution in [3.8, 4) is 0 Å². The maximum Gasteiger partial charge on any atom is 0.289 e. The predicted molar refractivity (Wildman–Crippen MR) is 101 cm³/mol. The van der Waals surface area contributed by atoms with Gasteiger partial charge in [-0.1, -0.05) is 29.4 Å². The minimum atomic E-state index is -2.68. The van der Waals surface area contributed by atoms with Crippen molar-refractivity contribution in [3.05, 3.63) is 50.3 Å². The number of halogens is 3. The summed E-state index contributed by atoms with van der Waals surface area (Å²) in [6, 6.07) is 4.53. The van der Waals surface area contributed by atoms with Crippen LogP contribution in [-0.2, 0) is 7.05 Å². The Kier molecular flexibility index (Phi) is 5.31. The number of carbonyl (C=O) groups excluding carboxylic acids is 1. The fourth-order valence-corrected chi connectivity index (χ4v) is 4.37. The van der Waals surface area contributed by atoms with Gasteiger partial charge in [-0.15, -0.1) is 11.3 Å². The van der Waals surface area contributed by atoms with E-state index in [1.165, 1.54) is 23.0 Å². The third kappa shape index (κ3) is 3.46. The molecule has 2 heterocycles. The SMILES string of the molecule is Cc1c(C(=O)Nc2cccc(Cl)c2SC(F)F)sc2ncn(C)c(=O)c12. The number of nitrogens with one attached hydrogen (secondary N) is 1. The molecule has 3 aromatic rings. The molecule has 1 amide bonds. The maximum atomic E-state index is 12.8. The van der Waals surface area contributed by atoms with Gasteiger partial charge < -0.3 is 9.88 Å². The molecule has 0 aliphatic carbocycles. The molecule has 1 aromatic carbocycles. The summed E-state index contributed by atoms with van der Waals surface area (Å²) in [5.41, 5.74) is 0.436. The number of rotatable bonds is 4. The minimum absolute atomic E-state index is 0.0883. The summed E-state index contributed by atoms with van der Waals surface area (Å²) in [5.74, 6) is -3.19. The van der Waals surface area contributed by atoms with Crippen LogP contribution in [0.15, 0.2) is 34.2 Å². The number of benzene rings is 1. The Labute approximate surface area is 160 Å². The van der Waals surface area contributed by atoms with Gasteiger partial charge in [-0.25, -0.2) is 4.98 Å². The Morgan fingerprint density at radius 2 is 2.15 bits per heavy atom. The van der Waals surface area contributed by atoms with Gasteiger partial charge in [0.15, 0.2) is 0 Å². The molecule has 10 heteroatoms. The quantitative estimate of drug-likeness (QED) is 0.636. The first-order valence-electron chi connectivity index (χ1n) is 7.29. The molecule has 0 aliphatic rings. The van der Waals surface area contributed by atoms with E-state index < -0.39 is 11.7 Å². The smallest absolute Gasteiger partial charge is 0.289 e. The molecule has 0 radical (unpaired) electrons. The van der Waals surface area contributed by atoms with Crippen LogP contribution >= 0.6 is 34.7 Å². The van der Waals surface area contributed by atoms with Crippen LogP contribution < -0.4 is 10.9 Å². The van der Waals surface area contributed by atoms with Crippen molar-refractivity contribution in [1.29, 1.82) is 0 Å². The first kappa shape index (κ1) is 18.8. The average molecular weight is 416 g/mol. The molecular formula is C16H12ClF2N3O2S2. The van der Waals surface area contributed by atoms with Crippen molar-refractivity contribution in [2.24, 2.45) is 7.05 Å². The van der Waals surface area contributed by atoms with Gasteiger partial charge in [-0.3, -0.25) is 9.59 Å². The number of aryl methyl sites for hydroxylation is 2. The van der Waals surface area contributed by atoms with Gasteiger partial charge in [0, 0.05) is 7.05 Å². The molecule has 0 atom stereocenters. The molecule has 136 valence electrons. The highest BCUT2D eigenvalue weighted by molar-refractivity contribution is 7.99. The predicted octanol–water partition coefficient (Wildman–Crippen LogP) is 4.52. The van der Waals surface area contributed by atoms with Crippen molar-refractivity contribution in [1.82, 2.24) is 9.55 Å². The number of aromatic nitrogens is 2. The lowest BCUT2D eigenvalue weighted by molar-refractivity contribution is 0.103. The Morgan fingerprint density at radius 1 is 1.42 bits per heavy atom. The Hall–Kier alpha value is -1.97. The molecule has 0 saturated carbocycles. The Morgan fingerprint density at radius 3 is 2.85 bits per heavy atom. The first-order valence-corrected chi connectivity index (χ1v) is 9.36. The molecule has 2 aromatic heterocycles. The number of amides is 1. The topological polar surface area (TPSA) is 64.0 Å². The average Bonchev–Trinajstić information content (AvgIpc) is 2.91. The molecule has 3 rings (SSSR count). The van der Waals surface area contributed by atoms with Crippen LogP contribution in [0.4, 0.5) is 14.5 Å². The first-order chi connectivity index (χ1) is 12.3. The summed E-state index contributed by atoms with van der Waals surface area (Å²) in [6.07, 6.45) is 1.39. The number of hydrogen-bond donors (Lipinski definition) is 1. The lowest BCUT2D eigenvalue weighted by Crippen LogP contribution is -2.17. The largest absolute Gasteiger partial charge is 0.320 e. The molecule has 0 fully saturated rings. The monoisotopic (exact) mass is 415 g/mol. The zero-order valence-corrected chi connectivity index (χ0v) is 15.9. The van der Waals surface area contributed by atoms with E-state index in [9.17, 15) is 18.4 Å². The lowest BCUT2D eigenvalue weighted by atomic mass is 10.2. The molecule has 0 unspecified atom stereocenters. The van der Waals surface area contributed by atoms with Crippen molar-refractivity contribution in [3.63, 3.8) is 0 Å². The van der Waals surface area contributed by atoms with Crippen LogP contribution in [0.2, 0.25) is 5.02 Å². The number of anilines is 1. The highest BCUT2D eigenvalue weighted by atomic mass is 35.5. The number of hydrogen-bond acceptors (Lipinski definition) is 5. The standard InChI is InChI=1S/C16H12ClF2N3O2S2/c1-7-10-14(20-6-22(2)15(10)24)25-11(7)13(23)21-9-5-3-4-8(17)12(9)26-16(18)19/h3-6,16H,1-2H3,(H,21,23). The van der Waals surface area contributed by atoms with Gasteiger partial charge in [-0.05, 0) is 24.6 Å². The minimum Gasteiger partial charge on any atom is -0.320 e. The lowest BCUT2D eigenvalue weighted by Gasteiger charge is -2.11. The summed E-state index contributed by atoms with van der Waals surface area (Å²) in [5, 5.41) is 3.10. The molecule has 0 saturated heterocycles. The summed E-state index contributed by atoms with van der Waals surface area (Å²) < 4.78 is 26.9.